The fourth-order valence-corrected chi connectivity index (χ4v) is 3.99. The van der Waals surface area contributed by atoms with Crippen molar-refractivity contribution in [2.45, 2.75) is 52.6 Å². The van der Waals surface area contributed by atoms with E-state index in [0.717, 1.165) is 12.2 Å². The van der Waals surface area contributed by atoms with Crippen LogP contribution in [0.1, 0.15) is 26.3 Å². The number of anilines is 1. The quantitative estimate of drug-likeness (QED) is 0.861. The van der Waals surface area contributed by atoms with E-state index in [4.69, 9.17) is 4.74 Å². The molecule has 0 saturated heterocycles. The van der Waals surface area contributed by atoms with E-state index >= 15 is 0 Å². The van der Waals surface area contributed by atoms with Crippen LogP contribution in [0, 0.1) is 0 Å². The predicted molar refractivity (Wildman–Crippen MR) is 96.7 cm³/mol. The number of amides is 1. The standard InChI is InChI=1S/C17H30N2O2Si/c1-17(2,3)21-16(20)18-14-9-10-15(22(6,7)8)13(11-14)12-19(4)5/h9-11H,12H2,1-8H3,(H,18,20). The molecule has 0 aliphatic carbocycles. The summed E-state index contributed by atoms with van der Waals surface area (Å²) in [6, 6.07) is 6.19. The lowest BCUT2D eigenvalue weighted by atomic mass is 10.2. The van der Waals surface area contributed by atoms with Gasteiger partial charge in [-0.1, -0.05) is 30.9 Å². The van der Waals surface area contributed by atoms with E-state index in [-0.39, 0.29) is 0 Å². The minimum Gasteiger partial charge on any atom is -0.444 e. The van der Waals surface area contributed by atoms with Crippen molar-refractivity contribution in [1.29, 1.82) is 0 Å². The Balaban J connectivity index is 3.01. The second kappa shape index (κ2) is 6.83. The van der Waals surface area contributed by atoms with Gasteiger partial charge in [-0.15, -0.1) is 0 Å². The van der Waals surface area contributed by atoms with Gasteiger partial charge in [0.05, 0.1) is 8.07 Å². The molecule has 1 amide bonds. The number of carbonyl (C=O) groups excluding carboxylic acids is 1. The van der Waals surface area contributed by atoms with Crippen molar-refractivity contribution < 1.29 is 9.53 Å². The monoisotopic (exact) mass is 322 g/mol. The zero-order chi connectivity index (χ0) is 17.1. The zero-order valence-electron chi connectivity index (χ0n) is 15.2. The van der Waals surface area contributed by atoms with Crippen LogP contribution >= 0.6 is 0 Å². The van der Waals surface area contributed by atoms with Crippen LogP contribution in [-0.2, 0) is 11.3 Å². The van der Waals surface area contributed by atoms with Gasteiger partial charge < -0.3 is 9.64 Å². The molecule has 0 unspecified atom stereocenters. The fraction of sp³-hybridized carbons (Fsp3) is 0.588. The first-order valence-corrected chi connectivity index (χ1v) is 11.2. The summed E-state index contributed by atoms with van der Waals surface area (Å²) in [7, 11) is 2.70. The highest BCUT2D eigenvalue weighted by atomic mass is 28.3. The Bertz CT molecular complexity index is 528. The number of benzene rings is 1. The summed E-state index contributed by atoms with van der Waals surface area (Å²) in [5.41, 5.74) is 1.57. The van der Waals surface area contributed by atoms with E-state index in [2.05, 4.69) is 56.1 Å². The molecule has 0 fully saturated rings. The molecular formula is C17H30N2O2Si. The van der Waals surface area contributed by atoms with Gasteiger partial charge in [-0.3, -0.25) is 5.32 Å². The highest BCUT2D eigenvalue weighted by Gasteiger charge is 2.21. The molecule has 0 bridgehead atoms. The lowest BCUT2D eigenvalue weighted by Crippen LogP contribution is -2.41. The van der Waals surface area contributed by atoms with Crippen LogP contribution < -0.4 is 10.5 Å². The largest absolute Gasteiger partial charge is 0.444 e. The van der Waals surface area contributed by atoms with Gasteiger partial charge in [0.2, 0.25) is 0 Å². The molecule has 124 valence electrons. The Hall–Kier alpha value is -1.33. The molecule has 0 atom stereocenters. The summed E-state index contributed by atoms with van der Waals surface area (Å²) in [4.78, 5) is 14.1. The lowest BCUT2D eigenvalue weighted by molar-refractivity contribution is 0.0636. The minimum absolute atomic E-state index is 0.413. The molecule has 5 heteroatoms. The maximum absolute atomic E-state index is 11.9. The summed E-state index contributed by atoms with van der Waals surface area (Å²) < 4.78 is 5.31. The lowest BCUT2D eigenvalue weighted by Gasteiger charge is -2.24. The maximum Gasteiger partial charge on any atom is 0.412 e. The van der Waals surface area contributed by atoms with Crippen molar-refractivity contribution in [1.82, 2.24) is 4.90 Å². The van der Waals surface area contributed by atoms with Gasteiger partial charge in [0, 0.05) is 12.2 Å². The molecule has 1 aromatic carbocycles. The number of hydrogen-bond donors (Lipinski definition) is 1. The van der Waals surface area contributed by atoms with Crippen molar-refractivity contribution in [2.24, 2.45) is 0 Å². The van der Waals surface area contributed by atoms with Crippen molar-refractivity contribution in [2.75, 3.05) is 19.4 Å². The molecule has 1 aromatic rings. The number of carbonyl (C=O) groups is 1. The maximum atomic E-state index is 11.9. The molecule has 4 nitrogen and oxygen atoms in total. The van der Waals surface area contributed by atoms with Crippen LogP contribution in [0.3, 0.4) is 0 Å². The summed E-state index contributed by atoms with van der Waals surface area (Å²) in [6.07, 6.45) is -0.413. The normalized spacial score (nSPS) is 12.4. The van der Waals surface area contributed by atoms with Crippen molar-refractivity contribution in [3.8, 4) is 0 Å². The van der Waals surface area contributed by atoms with Gasteiger partial charge in [0.15, 0.2) is 0 Å². The molecule has 0 heterocycles. The number of ether oxygens (including phenoxy) is 1. The van der Waals surface area contributed by atoms with Crippen molar-refractivity contribution in [3.05, 3.63) is 23.8 Å². The Morgan fingerprint density at radius 1 is 1.23 bits per heavy atom. The molecule has 1 N–H and O–H groups in total. The average Bonchev–Trinajstić information content (AvgIpc) is 2.23. The van der Waals surface area contributed by atoms with Crippen LogP contribution in [-0.4, -0.2) is 38.8 Å². The van der Waals surface area contributed by atoms with E-state index in [1.165, 1.54) is 10.8 Å². The van der Waals surface area contributed by atoms with E-state index in [0.29, 0.717) is 0 Å². The van der Waals surface area contributed by atoms with Crippen LogP contribution in [0.2, 0.25) is 19.6 Å². The molecule has 0 aliphatic heterocycles. The first-order chi connectivity index (χ1) is 9.88. The summed E-state index contributed by atoms with van der Waals surface area (Å²) in [5, 5.41) is 4.25. The van der Waals surface area contributed by atoms with Crippen molar-refractivity contribution in [3.63, 3.8) is 0 Å². The van der Waals surface area contributed by atoms with Crippen molar-refractivity contribution >= 4 is 25.0 Å². The smallest absolute Gasteiger partial charge is 0.412 e. The molecule has 22 heavy (non-hydrogen) atoms. The Morgan fingerprint density at radius 3 is 2.27 bits per heavy atom. The van der Waals surface area contributed by atoms with E-state index in [1.54, 1.807) is 0 Å². The predicted octanol–water partition coefficient (Wildman–Crippen LogP) is 3.64. The average molecular weight is 323 g/mol. The first-order valence-electron chi connectivity index (χ1n) is 7.66. The molecule has 0 radical (unpaired) electrons. The minimum atomic E-state index is -1.42. The number of nitrogens with zero attached hydrogens (tertiary/aromatic N) is 1. The van der Waals surface area contributed by atoms with Crippen LogP contribution in [0.4, 0.5) is 10.5 Å². The molecule has 0 aromatic heterocycles. The summed E-state index contributed by atoms with van der Waals surface area (Å²) in [5.74, 6) is 0. The third kappa shape index (κ3) is 6.20. The van der Waals surface area contributed by atoms with Gasteiger partial charge in [-0.25, -0.2) is 4.79 Å². The van der Waals surface area contributed by atoms with Crippen LogP contribution in [0.15, 0.2) is 18.2 Å². The molecule has 0 saturated carbocycles. The van der Waals surface area contributed by atoms with Gasteiger partial charge >= 0.3 is 6.09 Å². The molecule has 0 aliphatic rings. The van der Waals surface area contributed by atoms with E-state index in [9.17, 15) is 4.79 Å². The van der Waals surface area contributed by atoms with Crippen LogP contribution in [0.5, 0.6) is 0 Å². The second-order valence-electron chi connectivity index (χ2n) is 7.99. The van der Waals surface area contributed by atoms with E-state index < -0.39 is 19.8 Å². The SMILES string of the molecule is CN(C)Cc1cc(NC(=O)OC(C)(C)C)ccc1[Si](C)(C)C. The topological polar surface area (TPSA) is 41.6 Å². The third-order valence-electron chi connectivity index (χ3n) is 3.05. The van der Waals surface area contributed by atoms with E-state index in [1.807, 2.05) is 26.8 Å². The number of rotatable bonds is 4. The molecule has 0 spiro atoms. The molecular weight excluding hydrogens is 292 g/mol. The highest BCUT2D eigenvalue weighted by Crippen LogP contribution is 2.16. The van der Waals surface area contributed by atoms with Gasteiger partial charge in [0.25, 0.3) is 0 Å². The Labute approximate surface area is 135 Å². The first kappa shape index (κ1) is 18.7. The third-order valence-corrected chi connectivity index (χ3v) is 5.15. The Kier molecular flexibility index (Phi) is 5.81. The summed E-state index contributed by atoms with van der Waals surface area (Å²) in [6.45, 7) is 13.5. The zero-order valence-corrected chi connectivity index (χ0v) is 16.2. The Morgan fingerprint density at radius 2 is 1.82 bits per heavy atom. The highest BCUT2D eigenvalue weighted by molar-refractivity contribution is 6.89. The number of hydrogen-bond acceptors (Lipinski definition) is 3. The molecule has 1 rings (SSSR count). The van der Waals surface area contributed by atoms with Gasteiger partial charge in [-0.2, -0.15) is 0 Å². The fourth-order valence-electron chi connectivity index (χ4n) is 2.30. The number of nitrogens with one attached hydrogen (secondary N) is 1. The summed E-state index contributed by atoms with van der Waals surface area (Å²) >= 11 is 0. The van der Waals surface area contributed by atoms with Crippen LogP contribution in [0.25, 0.3) is 0 Å². The second-order valence-corrected chi connectivity index (χ2v) is 13.0. The van der Waals surface area contributed by atoms with Gasteiger partial charge in [0.1, 0.15) is 5.60 Å². The van der Waals surface area contributed by atoms with Gasteiger partial charge in [-0.05, 0) is 52.6 Å².